The highest BCUT2D eigenvalue weighted by atomic mass is 32.2. The Kier molecular flexibility index (Phi) is 7.16. The van der Waals surface area contributed by atoms with Crippen molar-refractivity contribution in [2.24, 2.45) is 0 Å². The number of carbonyl (C=O) groups excluding carboxylic acids is 2. The number of anilines is 2. The minimum atomic E-state index is -3.68. The molecule has 7 nitrogen and oxygen atoms in total. The molecule has 156 valence electrons. The zero-order chi connectivity index (χ0) is 21.8. The molecule has 0 unspecified atom stereocenters. The van der Waals surface area contributed by atoms with Crippen molar-refractivity contribution in [1.29, 1.82) is 0 Å². The molecule has 0 aliphatic heterocycles. The number of sulfonamides is 1. The van der Waals surface area contributed by atoms with Gasteiger partial charge in [0.05, 0.1) is 16.3 Å². The molecular weight excluding hydrogens is 390 g/mol. The minimum absolute atomic E-state index is 0.0725. The lowest BCUT2D eigenvalue weighted by atomic mass is 10.1. The van der Waals surface area contributed by atoms with Crippen LogP contribution in [0.4, 0.5) is 11.4 Å². The average Bonchev–Trinajstić information content (AvgIpc) is 2.64. The standard InChI is InChI=1S/C21H27N3O4S/c1-6-24(7-2)29(27,28)17-10-9-15(4)18(13-17)21(26)23-20-12-14(3)8-11-19(20)22-16(5)25/h8-13H,6-7H2,1-5H3,(H,22,25)(H,23,26). The van der Waals surface area contributed by atoms with Gasteiger partial charge >= 0.3 is 0 Å². The summed E-state index contributed by atoms with van der Waals surface area (Å²) in [6.07, 6.45) is 0. The van der Waals surface area contributed by atoms with Crippen LogP contribution in [0.3, 0.4) is 0 Å². The normalized spacial score (nSPS) is 11.4. The van der Waals surface area contributed by atoms with Crippen LogP contribution >= 0.6 is 0 Å². The molecule has 0 aliphatic carbocycles. The van der Waals surface area contributed by atoms with Crippen LogP contribution in [0, 0.1) is 13.8 Å². The molecule has 2 aromatic carbocycles. The van der Waals surface area contributed by atoms with Crippen molar-refractivity contribution in [3.8, 4) is 0 Å². The second-order valence-electron chi connectivity index (χ2n) is 6.75. The van der Waals surface area contributed by atoms with Gasteiger partial charge in [0.15, 0.2) is 0 Å². The summed E-state index contributed by atoms with van der Waals surface area (Å²) < 4.78 is 27.0. The average molecular weight is 418 g/mol. The number of amides is 2. The zero-order valence-electron chi connectivity index (χ0n) is 17.4. The quantitative estimate of drug-likeness (QED) is 0.720. The number of nitrogens with one attached hydrogen (secondary N) is 2. The molecule has 0 saturated carbocycles. The fourth-order valence-electron chi connectivity index (χ4n) is 2.97. The lowest BCUT2D eigenvalue weighted by molar-refractivity contribution is -0.114. The van der Waals surface area contributed by atoms with Crippen LogP contribution in [0.1, 0.15) is 42.3 Å². The second-order valence-corrected chi connectivity index (χ2v) is 8.69. The fraction of sp³-hybridized carbons (Fsp3) is 0.333. The molecular formula is C21H27N3O4S. The van der Waals surface area contributed by atoms with Crippen molar-refractivity contribution in [3.05, 3.63) is 53.1 Å². The summed E-state index contributed by atoms with van der Waals surface area (Å²) >= 11 is 0. The van der Waals surface area contributed by atoms with E-state index in [4.69, 9.17) is 0 Å². The van der Waals surface area contributed by atoms with Gasteiger partial charge in [0.25, 0.3) is 5.91 Å². The monoisotopic (exact) mass is 417 g/mol. The van der Waals surface area contributed by atoms with Crippen molar-refractivity contribution in [1.82, 2.24) is 4.31 Å². The van der Waals surface area contributed by atoms with Crippen LogP contribution in [0.2, 0.25) is 0 Å². The first-order valence-electron chi connectivity index (χ1n) is 9.40. The van der Waals surface area contributed by atoms with Gasteiger partial charge in [-0.2, -0.15) is 4.31 Å². The summed E-state index contributed by atoms with van der Waals surface area (Å²) in [5, 5.41) is 5.47. The Morgan fingerprint density at radius 2 is 1.59 bits per heavy atom. The molecule has 0 aliphatic rings. The van der Waals surface area contributed by atoms with Gasteiger partial charge in [-0.05, 0) is 49.2 Å². The maximum absolute atomic E-state index is 12.9. The first-order chi connectivity index (χ1) is 13.6. The van der Waals surface area contributed by atoms with Gasteiger partial charge in [-0.3, -0.25) is 9.59 Å². The maximum atomic E-state index is 12.9. The summed E-state index contributed by atoms with van der Waals surface area (Å²) in [7, 11) is -3.68. The number of aryl methyl sites for hydroxylation is 2. The summed E-state index contributed by atoms with van der Waals surface area (Å²) in [5.41, 5.74) is 2.73. The van der Waals surface area contributed by atoms with E-state index in [9.17, 15) is 18.0 Å². The van der Waals surface area contributed by atoms with E-state index in [2.05, 4.69) is 10.6 Å². The van der Waals surface area contributed by atoms with Gasteiger partial charge in [-0.1, -0.05) is 26.0 Å². The third kappa shape index (κ3) is 5.21. The summed E-state index contributed by atoms with van der Waals surface area (Å²) in [6.45, 7) is 9.23. The number of nitrogens with zero attached hydrogens (tertiary/aromatic N) is 1. The lowest BCUT2D eigenvalue weighted by Gasteiger charge is -2.19. The third-order valence-corrected chi connectivity index (χ3v) is 6.58. The van der Waals surface area contributed by atoms with Gasteiger partial charge in [-0.15, -0.1) is 0 Å². The number of hydrogen-bond donors (Lipinski definition) is 2. The van der Waals surface area contributed by atoms with Gasteiger partial charge in [-0.25, -0.2) is 8.42 Å². The predicted octanol–water partition coefficient (Wildman–Crippen LogP) is 3.54. The van der Waals surface area contributed by atoms with E-state index in [0.29, 0.717) is 30.0 Å². The van der Waals surface area contributed by atoms with Gasteiger partial charge in [0, 0.05) is 25.6 Å². The molecule has 8 heteroatoms. The molecule has 0 spiro atoms. The van der Waals surface area contributed by atoms with Crippen molar-refractivity contribution in [2.75, 3.05) is 23.7 Å². The number of rotatable bonds is 7. The van der Waals surface area contributed by atoms with Gasteiger partial charge < -0.3 is 10.6 Å². The van der Waals surface area contributed by atoms with Crippen LogP contribution in [0.15, 0.2) is 41.3 Å². The van der Waals surface area contributed by atoms with E-state index < -0.39 is 15.9 Å². The van der Waals surface area contributed by atoms with Gasteiger partial charge in [0.2, 0.25) is 15.9 Å². The number of carbonyl (C=O) groups is 2. The molecule has 0 atom stereocenters. The molecule has 29 heavy (non-hydrogen) atoms. The van der Waals surface area contributed by atoms with Crippen molar-refractivity contribution in [3.63, 3.8) is 0 Å². The molecule has 0 bridgehead atoms. The first kappa shape index (κ1) is 22.6. The molecule has 2 aromatic rings. The molecule has 0 fully saturated rings. The minimum Gasteiger partial charge on any atom is -0.325 e. The molecule has 2 N–H and O–H groups in total. The van der Waals surface area contributed by atoms with E-state index in [1.807, 2.05) is 13.0 Å². The Bertz CT molecular complexity index is 1030. The van der Waals surface area contributed by atoms with Crippen LogP contribution in [0.5, 0.6) is 0 Å². The van der Waals surface area contributed by atoms with Crippen LogP contribution in [0.25, 0.3) is 0 Å². The smallest absolute Gasteiger partial charge is 0.256 e. The third-order valence-electron chi connectivity index (χ3n) is 4.53. The molecule has 2 amide bonds. The SMILES string of the molecule is CCN(CC)S(=O)(=O)c1ccc(C)c(C(=O)Nc2cc(C)ccc2NC(C)=O)c1. The van der Waals surface area contributed by atoms with E-state index >= 15 is 0 Å². The van der Waals surface area contributed by atoms with Crippen LogP contribution in [-0.4, -0.2) is 37.6 Å². The van der Waals surface area contributed by atoms with Crippen LogP contribution in [-0.2, 0) is 14.8 Å². The molecule has 0 radical (unpaired) electrons. The van der Waals surface area contributed by atoms with Gasteiger partial charge in [0.1, 0.15) is 0 Å². The van der Waals surface area contributed by atoms with Crippen molar-refractivity contribution in [2.45, 2.75) is 39.5 Å². The Hall–Kier alpha value is -2.71. The number of hydrogen-bond acceptors (Lipinski definition) is 4. The van der Waals surface area contributed by atoms with Crippen molar-refractivity contribution < 1.29 is 18.0 Å². The summed E-state index contributed by atoms with van der Waals surface area (Å²) in [5.74, 6) is -0.704. The topological polar surface area (TPSA) is 95.6 Å². The molecule has 0 aromatic heterocycles. The highest BCUT2D eigenvalue weighted by Gasteiger charge is 2.23. The predicted molar refractivity (Wildman–Crippen MR) is 115 cm³/mol. The number of benzene rings is 2. The molecule has 0 heterocycles. The Labute approximate surface area is 172 Å². The van der Waals surface area contributed by atoms with Crippen LogP contribution < -0.4 is 10.6 Å². The Morgan fingerprint density at radius 1 is 0.931 bits per heavy atom. The Morgan fingerprint density at radius 3 is 2.17 bits per heavy atom. The maximum Gasteiger partial charge on any atom is 0.256 e. The summed E-state index contributed by atoms with van der Waals surface area (Å²) in [6, 6.07) is 9.80. The van der Waals surface area contributed by atoms with E-state index in [1.165, 1.54) is 23.4 Å². The summed E-state index contributed by atoms with van der Waals surface area (Å²) in [4.78, 5) is 24.5. The first-order valence-corrected chi connectivity index (χ1v) is 10.8. The van der Waals surface area contributed by atoms with E-state index in [0.717, 1.165) is 5.56 Å². The second kappa shape index (κ2) is 9.19. The fourth-order valence-corrected chi connectivity index (χ4v) is 4.45. The zero-order valence-corrected chi connectivity index (χ0v) is 18.2. The van der Waals surface area contributed by atoms with E-state index in [-0.39, 0.29) is 16.4 Å². The molecule has 2 rings (SSSR count). The lowest BCUT2D eigenvalue weighted by Crippen LogP contribution is -2.30. The van der Waals surface area contributed by atoms with Crippen molar-refractivity contribution >= 4 is 33.2 Å². The largest absolute Gasteiger partial charge is 0.325 e. The Balaban J connectivity index is 2.43. The highest BCUT2D eigenvalue weighted by Crippen LogP contribution is 2.25. The van der Waals surface area contributed by atoms with E-state index in [1.54, 1.807) is 39.0 Å². The molecule has 0 saturated heterocycles. The highest BCUT2D eigenvalue weighted by molar-refractivity contribution is 7.89.